The van der Waals surface area contributed by atoms with Crippen LogP contribution in [0.4, 0.5) is 0 Å². The summed E-state index contributed by atoms with van der Waals surface area (Å²) in [4.78, 5) is 16.1. The summed E-state index contributed by atoms with van der Waals surface area (Å²) in [6.45, 7) is 3.90. The Morgan fingerprint density at radius 1 is 0.789 bits per heavy atom. The van der Waals surface area contributed by atoms with E-state index in [1.807, 2.05) is 42.5 Å². The summed E-state index contributed by atoms with van der Waals surface area (Å²) < 4.78 is 12.6. The van der Waals surface area contributed by atoms with E-state index in [2.05, 4.69) is 52.7 Å². The van der Waals surface area contributed by atoms with Gasteiger partial charge in [0.2, 0.25) is 0 Å². The molecule has 0 spiro atoms. The summed E-state index contributed by atoms with van der Waals surface area (Å²) in [6, 6.07) is 28.7. The molecule has 0 unspecified atom stereocenters. The molecule has 1 fully saturated rings. The van der Waals surface area contributed by atoms with Gasteiger partial charge in [0.25, 0.3) is 5.91 Å². The van der Waals surface area contributed by atoms with Crippen LogP contribution < -0.4 is 10.1 Å². The molecule has 0 aromatic heterocycles. The summed E-state index contributed by atoms with van der Waals surface area (Å²) in [6.07, 6.45) is 6.40. The van der Waals surface area contributed by atoms with E-state index in [-0.39, 0.29) is 18.0 Å². The molecule has 0 saturated heterocycles. The topological polar surface area (TPSA) is 50.8 Å². The minimum absolute atomic E-state index is 0.111. The molecule has 3 aromatic carbocycles. The molecule has 5 rings (SSSR count). The van der Waals surface area contributed by atoms with Crippen molar-refractivity contribution in [3.05, 3.63) is 102 Å². The van der Waals surface area contributed by atoms with Crippen molar-refractivity contribution < 1.29 is 14.3 Å². The van der Waals surface area contributed by atoms with Gasteiger partial charge < -0.3 is 14.8 Å². The molecule has 5 heteroatoms. The van der Waals surface area contributed by atoms with E-state index in [0.717, 1.165) is 44.7 Å². The molecule has 0 bridgehead atoms. The Labute approximate surface area is 227 Å². The summed E-state index contributed by atoms with van der Waals surface area (Å²) >= 11 is 0. The third kappa shape index (κ3) is 7.92. The summed E-state index contributed by atoms with van der Waals surface area (Å²) in [7, 11) is 0. The molecule has 1 heterocycles. The van der Waals surface area contributed by atoms with Gasteiger partial charge in [-0.25, -0.2) is 0 Å². The van der Waals surface area contributed by atoms with Crippen LogP contribution in [0.1, 0.15) is 47.2 Å². The van der Waals surface area contributed by atoms with Gasteiger partial charge in [-0.05, 0) is 74.2 Å². The van der Waals surface area contributed by atoms with Gasteiger partial charge in [-0.3, -0.25) is 9.69 Å². The van der Waals surface area contributed by atoms with Crippen LogP contribution in [0.2, 0.25) is 0 Å². The van der Waals surface area contributed by atoms with Crippen molar-refractivity contribution in [3.63, 3.8) is 0 Å². The highest BCUT2D eigenvalue weighted by molar-refractivity contribution is 5.97. The molecule has 3 aromatic rings. The van der Waals surface area contributed by atoms with Gasteiger partial charge in [0.05, 0.1) is 18.2 Å². The predicted molar refractivity (Wildman–Crippen MR) is 152 cm³/mol. The monoisotopic (exact) mass is 512 g/mol. The Morgan fingerprint density at radius 3 is 2.21 bits per heavy atom. The number of ether oxygens (including phenoxy) is 2. The zero-order valence-electron chi connectivity index (χ0n) is 22.3. The number of nitrogens with zero attached hydrogens (tertiary/aromatic N) is 1. The van der Waals surface area contributed by atoms with Crippen LogP contribution >= 0.6 is 0 Å². The average molecular weight is 513 g/mol. The number of nitrogens with one attached hydrogen (secondary N) is 1. The fourth-order valence-electron chi connectivity index (χ4n) is 5.26. The number of benzene rings is 3. The van der Waals surface area contributed by atoms with Crippen molar-refractivity contribution in [2.24, 2.45) is 5.92 Å². The second kappa shape index (κ2) is 13.6. The highest BCUT2D eigenvalue weighted by Crippen LogP contribution is 2.31. The first-order chi connectivity index (χ1) is 18.7. The molecule has 1 aliphatic heterocycles. The molecule has 2 aliphatic rings. The number of amides is 1. The molecule has 0 radical (unpaired) electrons. The van der Waals surface area contributed by atoms with Crippen molar-refractivity contribution in [2.75, 3.05) is 32.9 Å². The first-order valence-electron chi connectivity index (χ1n) is 14.2. The van der Waals surface area contributed by atoms with Crippen LogP contribution in [0.15, 0.2) is 84.9 Å². The Morgan fingerprint density at radius 2 is 1.47 bits per heavy atom. The lowest BCUT2D eigenvalue weighted by molar-refractivity contribution is 0.0820. The van der Waals surface area contributed by atoms with Gasteiger partial charge in [-0.1, -0.05) is 72.8 Å². The van der Waals surface area contributed by atoms with Gasteiger partial charge in [0, 0.05) is 19.2 Å². The van der Waals surface area contributed by atoms with Crippen molar-refractivity contribution in [3.8, 4) is 5.75 Å². The van der Waals surface area contributed by atoms with E-state index >= 15 is 0 Å². The number of rotatable bonds is 6. The molecular formula is C33H40N2O3. The van der Waals surface area contributed by atoms with E-state index in [0.29, 0.717) is 31.1 Å². The van der Waals surface area contributed by atoms with Crippen LogP contribution in [-0.2, 0) is 17.6 Å². The fraction of sp³-hybridized carbons (Fsp3) is 0.424. The summed E-state index contributed by atoms with van der Waals surface area (Å²) in [5, 5.41) is 3.23. The summed E-state index contributed by atoms with van der Waals surface area (Å²) in [5.41, 5.74) is 3.08. The maximum atomic E-state index is 13.5. The van der Waals surface area contributed by atoms with Crippen LogP contribution in [-0.4, -0.2) is 55.8 Å². The number of carbonyl (C=O) groups is 1. The van der Waals surface area contributed by atoms with Crippen molar-refractivity contribution >= 4 is 5.91 Å². The molecule has 1 saturated carbocycles. The minimum Gasteiger partial charge on any atom is -0.491 e. The third-order valence-electron chi connectivity index (χ3n) is 7.55. The van der Waals surface area contributed by atoms with E-state index in [9.17, 15) is 4.79 Å². The van der Waals surface area contributed by atoms with Crippen LogP contribution in [0.3, 0.4) is 0 Å². The normalized spacial score (nSPS) is 21.8. The molecule has 5 nitrogen and oxygen atoms in total. The Bertz CT molecular complexity index is 1130. The van der Waals surface area contributed by atoms with Gasteiger partial charge in [-0.15, -0.1) is 0 Å². The molecule has 1 amide bonds. The zero-order chi connectivity index (χ0) is 26.0. The number of hydrogen-bond acceptors (Lipinski definition) is 4. The molecule has 2 atom stereocenters. The fourth-order valence-corrected chi connectivity index (χ4v) is 5.26. The smallest absolute Gasteiger partial charge is 0.255 e. The van der Waals surface area contributed by atoms with Crippen molar-refractivity contribution in [1.82, 2.24) is 10.2 Å². The lowest BCUT2D eigenvalue weighted by atomic mass is 10.0. The van der Waals surface area contributed by atoms with Gasteiger partial charge in [0.1, 0.15) is 12.4 Å². The highest BCUT2D eigenvalue weighted by Gasteiger charge is 2.29. The molecule has 1 N–H and O–H groups in total. The van der Waals surface area contributed by atoms with Crippen molar-refractivity contribution in [1.29, 1.82) is 0 Å². The molecule has 1 aliphatic carbocycles. The number of fused-ring (bicyclic) bond motifs is 1. The quantitative estimate of drug-likeness (QED) is 0.471. The minimum atomic E-state index is -0.116. The molecular weight excluding hydrogens is 472 g/mol. The second-order valence-corrected chi connectivity index (χ2v) is 10.7. The Kier molecular flexibility index (Phi) is 9.46. The average Bonchev–Trinajstić information content (AvgIpc) is 3.77. The Hall–Kier alpha value is -3.15. The lowest BCUT2D eigenvalue weighted by Crippen LogP contribution is -2.43. The summed E-state index contributed by atoms with van der Waals surface area (Å²) in [5.74, 6) is 1.32. The van der Waals surface area contributed by atoms with Gasteiger partial charge >= 0.3 is 0 Å². The first kappa shape index (κ1) is 26.5. The van der Waals surface area contributed by atoms with Gasteiger partial charge in [0.15, 0.2) is 0 Å². The number of carbonyl (C=O) groups excluding carboxylic acids is 1. The van der Waals surface area contributed by atoms with E-state index < -0.39 is 0 Å². The van der Waals surface area contributed by atoms with Gasteiger partial charge in [-0.2, -0.15) is 0 Å². The lowest BCUT2D eigenvalue weighted by Gasteiger charge is -2.32. The number of hydrogen-bond donors (Lipinski definition) is 1. The maximum absolute atomic E-state index is 13.5. The first-order valence-corrected chi connectivity index (χ1v) is 14.2. The third-order valence-corrected chi connectivity index (χ3v) is 7.55. The zero-order valence-corrected chi connectivity index (χ0v) is 22.3. The second-order valence-electron chi connectivity index (χ2n) is 10.7. The van der Waals surface area contributed by atoms with E-state index in [4.69, 9.17) is 9.47 Å². The molecule has 38 heavy (non-hydrogen) atoms. The standard InChI is InChI=1S/C33H40N2O3/c36-33-31-15-7-8-16-32(31)38-25-30(22-27-13-5-2-6-14-27)35(23-28-17-18-28)19-9-10-20-37-24-29(34-33)21-26-11-3-1-4-12-26/h1-8,11-16,28-30H,9-10,17-25H2,(H,34,36)/t29-,30-/m0/s1. The number of para-hydroxylation sites is 1. The predicted octanol–water partition coefficient (Wildman–Crippen LogP) is 5.54. The van der Waals surface area contributed by atoms with Crippen LogP contribution in [0, 0.1) is 5.92 Å². The van der Waals surface area contributed by atoms with Crippen LogP contribution in [0.25, 0.3) is 0 Å². The Balaban J connectivity index is 1.37. The largest absolute Gasteiger partial charge is 0.491 e. The van der Waals surface area contributed by atoms with Crippen molar-refractivity contribution in [2.45, 2.75) is 50.6 Å². The highest BCUT2D eigenvalue weighted by atomic mass is 16.5. The van der Waals surface area contributed by atoms with Crippen LogP contribution in [0.5, 0.6) is 5.75 Å². The molecule has 200 valence electrons. The SMILES string of the molecule is O=C1N[C@@H](Cc2ccccc2)COCCCCN(CC2CC2)[C@@H](Cc2ccccc2)COc2ccccc21. The van der Waals surface area contributed by atoms with E-state index in [1.165, 1.54) is 24.0 Å². The maximum Gasteiger partial charge on any atom is 0.255 e. The van der Waals surface area contributed by atoms with E-state index in [1.54, 1.807) is 0 Å².